The van der Waals surface area contributed by atoms with E-state index in [9.17, 15) is 30.1 Å². The molecule has 2 rings (SSSR count). The number of nitrogens with zero attached hydrogens (tertiary/aromatic N) is 2. The van der Waals surface area contributed by atoms with Crippen molar-refractivity contribution >= 4 is 39.9 Å². The molecule has 0 saturated heterocycles. The maximum atomic E-state index is 12.4. The Kier molecular flexibility index (Phi) is 6.10. The molecule has 0 aliphatic heterocycles. The van der Waals surface area contributed by atoms with Crippen molar-refractivity contribution in [2.24, 2.45) is 11.3 Å². The number of hydrogen-bond acceptors (Lipinski definition) is 7. The number of aliphatic hydroxyl groups is 1. The van der Waals surface area contributed by atoms with E-state index in [4.69, 9.17) is 4.74 Å². The molecular weight excluding hydrogens is 471 g/mol. The van der Waals surface area contributed by atoms with Gasteiger partial charge in [0.1, 0.15) is 0 Å². The minimum atomic E-state index is -1.03. The molecule has 1 N–H and O–H groups in total. The normalized spacial score (nSPS) is 27.0. The Morgan fingerprint density at radius 3 is 2.22 bits per heavy atom. The Balaban J connectivity index is 2.24. The third-order valence-corrected chi connectivity index (χ3v) is 7.53. The van der Waals surface area contributed by atoms with Crippen LogP contribution < -0.4 is 0 Å². The van der Waals surface area contributed by atoms with E-state index < -0.39 is 32.8 Å². The van der Waals surface area contributed by atoms with Crippen LogP contribution in [0, 0.1) is 31.6 Å². The number of ether oxygens (including phenoxy) is 1. The lowest BCUT2D eigenvalue weighted by Gasteiger charge is -2.50. The van der Waals surface area contributed by atoms with Crippen molar-refractivity contribution < 1.29 is 24.5 Å². The van der Waals surface area contributed by atoms with Crippen LogP contribution in [0.25, 0.3) is 0 Å². The summed E-state index contributed by atoms with van der Waals surface area (Å²) in [5.41, 5.74) is -2.73. The summed E-state index contributed by atoms with van der Waals surface area (Å²) in [4.78, 5) is 32.7. The van der Waals surface area contributed by atoms with E-state index in [1.165, 1.54) is 0 Å². The minimum Gasteiger partial charge on any atom is -0.462 e. The second-order valence-electron chi connectivity index (χ2n) is 7.59. The first-order valence-corrected chi connectivity index (χ1v) is 9.58. The molecule has 1 aromatic rings. The molecular formula is C17H21IN2O7. The van der Waals surface area contributed by atoms with E-state index in [0.717, 1.165) is 24.6 Å². The van der Waals surface area contributed by atoms with E-state index in [2.05, 4.69) is 22.6 Å². The molecule has 0 radical (unpaired) electrons. The molecule has 1 aliphatic carbocycles. The first-order chi connectivity index (χ1) is 12.4. The Morgan fingerprint density at radius 1 is 1.22 bits per heavy atom. The average Bonchev–Trinajstić information content (AvgIpc) is 2.57. The van der Waals surface area contributed by atoms with Crippen molar-refractivity contribution in [3.8, 4) is 0 Å². The average molecular weight is 492 g/mol. The van der Waals surface area contributed by atoms with Crippen molar-refractivity contribution in [1.82, 2.24) is 0 Å². The van der Waals surface area contributed by atoms with E-state index in [0.29, 0.717) is 6.42 Å². The summed E-state index contributed by atoms with van der Waals surface area (Å²) in [6, 6.07) is 2.67. The third-order valence-electron chi connectivity index (χ3n) is 5.30. The number of halogens is 1. The summed E-state index contributed by atoms with van der Waals surface area (Å²) in [6.07, 6.45) is 1.40. The topological polar surface area (TPSA) is 133 Å². The van der Waals surface area contributed by atoms with Gasteiger partial charge in [0.25, 0.3) is 11.4 Å². The standard InChI is InChI=1S/C17H21IN2O7/c1-16(2)13(17(3,22)5-4-14(16)18)9-27-15(21)10-6-11(19(23)24)8-12(7-10)20(25)26/h6-8,13-14,22H,4-5,9H2,1-3H3/t13-,14-,17-/m0/s1. The molecule has 9 nitrogen and oxygen atoms in total. The van der Waals surface area contributed by atoms with Crippen LogP contribution in [0.5, 0.6) is 0 Å². The molecule has 1 fully saturated rings. The van der Waals surface area contributed by atoms with Gasteiger partial charge in [0, 0.05) is 22.0 Å². The van der Waals surface area contributed by atoms with E-state index in [1.807, 2.05) is 13.8 Å². The van der Waals surface area contributed by atoms with Gasteiger partial charge in [0.05, 0.1) is 33.7 Å². The fourth-order valence-corrected chi connectivity index (χ4v) is 4.29. The molecule has 0 spiro atoms. The van der Waals surface area contributed by atoms with Crippen LogP contribution in [0.2, 0.25) is 0 Å². The van der Waals surface area contributed by atoms with Crippen LogP contribution in [-0.4, -0.2) is 37.1 Å². The number of non-ortho nitro benzene ring substituents is 2. The van der Waals surface area contributed by atoms with Crippen molar-refractivity contribution in [3.05, 3.63) is 44.0 Å². The number of carbonyl (C=O) groups excluding carboxylic acids is 1. The molecule has 0 amide bonds. The lowest BCUT2D eigenvalue weighted by Crippen LogP contribution is -2.53. The zero-order valence-corrected chi connectivity index (χ0v) is 17.3. The van der Waals surface area contributed by atoms with E-state index in [1.54, 1.807) is 6.92 Å². The van der Waals surface area contributed by atoms with Crippen LogP contribution in [0.3, 0.4) is 0 Å². The van der Waals surface area contributed by atoms with Crippen LogP contribution >= 0.6 is 22.6 Å². The summed E-state index contributed by atoms with van der Waals surface area (Å²) in [5, 5.41) is 32.6. The molecule has 0 aromatic heterocycles. The largest absolute Gasteiger partial charge is 0.462 e. The van der Waals surface area contributed by atoms with Crippen molar-refractivity contribution in [3.63, 3.8) is 0 Å². The number of nitro benzene ring substituents is 2. The fraction of sp³-hybridized carbons (Fsp3) is 0.588. The van der Waals surface area contributed by atoms with E-state index >= 15 is 0 Å². The Labute approximate surface area is 169 Å². The predicted molar refractivity (Wildman–Crippen MR) is 105 cm³/mol. The van der Waals surface area contributed by atoms with Gasteiger partial charge in [-0.25, -0.2) is 4.79 Å². The SMILES string of the molecule is CC1(C)[C@@H](I)CC[C@](C)(O)[C@H]1COC(=O)c1cc([N+](=O)[O-])cc([N+](=O)[O-])c1. The van der Waals surface area contributed by atoms with Gasteiger partial charge < -0.3 is 9.84 Å². The zero-order chi connectivity index (χ0) is 20.6. The maximum Gasteiger partial charge on any atom is 0.338 e. The van der Waals surface area contributed by atoms with Crippen molar-refractivity contribution in [1.29, 1.82) is 0 Å². The number of alkyl halides is 1. The predicted octanol–water partition coefficient (Wildman–Crippen LogP) is 3.65. The summed E-state index contributed by atoms with van der Waals surface area (Å²) < 4.78 is 5.59. The van der Waals surface area contributed by atoms with Crippen LogP contribution in [0.4, 0.5) is 11.4 Å². The summed E-state index contributed by atoms with van der Waals surface area (Å²) in [5.74, 6) is -1.25. The Morgan fingerprint density at radius 2 is 1.74 bits per heavy atom. The molecule has 1 aromatic carbocycles. The highest BCUT2D eigenvalue weighted by atomic mass is 127. The molecule has 0 heterocycles. The second-order valence-corrected chi connectivity index (χ2v) is 9.09. The molecule has 0 bridgehead atoms. The molecule has 148 valence electrons. The van der Waals surface area contributed by atoms with Gasteiger partial charge in [-0.3, -0.25) is 20.2 Å². The van der Waals surface area contributed by atoms with Crippen molar-refractivity contribution in [2.75, 3.05) is 6.61 Å². The van der Waals surface area contributed by atoms with Gasteiger partial charge in [-0.15, -0.1) is 0 Å². The Bertz CT molecular complexity index is 746. The molecule has 3 atom stereocenters. The third kappa shape index (κ3) is 4.54. The second kappa shape index (κ2) is 7.66. The first kappa shape index (κ1) is 21.5. The lowest BCUT2D eigenvalue weighted by molar-refractivity contribution is -0.394. The zero-order valence-electron chi connectivity index (χ0n) is 15.2. The summed E-state index contributed by atoms with van der Waals surface area (Å²) in [6.45, 7) is 5.60. The highest BCUT2D eigenvalue weighted by Crippen LogP contribution is 2.49. The van der Waals surface area contributed by atoms with E-state index in [-0.39, 0.29) is 27.4 Å². The number of hydrogen-bond donors (Lipinski definition) is 1. The minimum absolute atomic E-state index is 0.0885. The first-order valence-electron chi connectivity index (χ1n) is 8.33. The van der Waals surface area contributed by atoms with Gasteiger partial charge in [-0.2, -0.15) is 0 Å². The van der Waals surface area contributed by atoms with Gasteiger partial charge in [-0.1, -0.05) is 36.4 Å². The lowest BCUT2D eigenvalue weighted by atomic mass is 9.62. The monoisotopic (exact) mass is 492 g/mol. The smallest absolute Gasteiger partial charge is 0.338 e. The van der Waals surface area contributed by atoms with Crippen LogP contribution in [0.1, 0.15) is 44.0 Å². The highest BCUT2D eigenvalue weighted by molar-refractivity contribution is 14.1. The molecule has 1 aliphatic rings. The summed E-state index contributed by atoms with van der Waals surface area (Å²) in [7, 11) is 0. The number of benzene rings is 1. The van der Waals surface area contributed by atoms with Crippen LogP contribution in [0.15, 0.2) is 18.2 Å². The van der Waals surface area contributed by atoms with Gasteiger partial charge in [-0.05, 0) is 25.2 Å². The maximum absolute atomic E-state index is 12.4. The number of carbonyl (C=O) groups is 1. The van der Waals surface area contributed by atoms with Gasteiger partial charge >= 0.3 is 5.97 Å². The van der Waals surface area contributed by atoms with Gasteiger partial charge in [0.15, 0.2) is 0 Å². The molecule has 1 saturated carbocycles. The quantitative estimate of drug-likeness (QED) is 0.218. The van der Waals surface area contributed by atoms with Crippen molar-refractivity contribution in [2.45, 2.75) is 43.1 Å². The molecule has 10 heteroatoms. The molecule has 0 unspecified atom stereocenters. The van der Waals surface area contributed by atoms with Gasteiger partial charge in [0.2, 0.25) is 0 Å². The molecule has 27 heavy (non-hydrogen) atoms. The highest BCUT2D eigenvalue weighted by Gasteiger charge is 2.50. The van der Waals surface area contributed by atoms with Crippen LogP contribution in [-0.2, 0) is 4.74 Å². The number of esters is 1. The summed E-state index contributed by atoms with van der Waals surface area (Å²) >= 11 is 2.32. The Hall–Kier alpha value is -1.82. The number of nitro groups is 2. The number of rotatable bonds is 5. The fourth-order valence-electron chi connectivity index (χ4n) is 3.55.